The van der Waals surface area contributed by atoms with E-state index in [0.717, 1.165) is 16.4 Å². The molecule has 106 valence electrons. The molecule has 0 radical (unpaired) electrons. The van der Waals surface area contributed by atoms with Gasteiger partial charge in [0.25, 0.3) is 0 Å². The number of aromatic nitrogens is 2. The molecule has 4 nitrogen and oxygen atoms in total. The van der Waals surface area contributed by atoms with Gasteiger partial charge in [0.2, 0.25) is 0 Å². The first-order valence-electron chi connectivity index (χ1n) is 6.62. The first-order valence-corrected chi connectivity index (χ1v) is 7.00. The Morgan fingerprint density at radius 3 is 2.50 bits per heavy atom. The average Bonchev–Trinajstić information content (AvgIpc) is 2.38. The maximum atomic E-state index is 6.20. The van der Waals surface area contributed by atoms with Crippen LogP contribution in [0.15, 0.2) is 30.3 Å². The number of halogens is 1. The van der Waals surface area contributed by atoms with E-state index in [-0.39, 0.29) is 12.0 Å². The third-order valence-electron chi connectivity index (χ3n) is 3.02. The van der Waals surface area contributed by atoms with Gasteiger partial charge >= 0.3 is 0 Å². The van der Waals surface area contributed by atoms with Crippen LogP contribution >= 0.6 is 11.6 Å². The van der Waals surface area contributed by atoms with E-state index in [1.807, 2.05) is 45.0 Å². The Bertz CT molecular complexity index is 598. The van der Waals surface area contributed by atoms with Gasteiger partial charge in [-0.1, -0.05) is 43.6 Å². The summed E-state index contributed by atoms with van der Waals surface area (Å²) in [4.78, 5) is 8.71. The van der Waals surface area contributed by atoms with Gasteiger partial charge in [0.1, 0.15) is 17.5 Å². The van der Waals surface area contributed by atoms with Gasteiger partial charge in [0.05, 0.1) is 6.04 Å². The fourth-order valence-corrected chi connectivity index (χ4v) is 2.24. The summed E-state index contributed by atoms with van der Waals surface area (Å²) in [5, 5.41) is 4.05. The molecular formula is C15H19ClN4. The second-order valence-electron chi connectivity index (χ2n) is 5.08. The van der Waals surface area contributed by atoms with Crippen LogP contribution in [0.3, 0.4) is 0 Å². The average molecular weight is 291 g/mol. The van der Waals surface area contributed by atoms with Crippen LogP contribution in [-0.4, -0.2) is 9.97 Å². The number of nitrogens with zero attached hydrogens (tertiary/aromatic N) is 2. The third kappa shape index (κ3) is 3.39. The predicted octanol–water partition coefficient (Wildman–Crippen LogP) is 4.01. The SMILES string of the molecule is CC(C)c1nc(N)cc(NC(C)c2ccccc2Cl)n1. The molecule has 1 atom stereocenters. The van der Waals surface area contributed by atoms with Crippen molar-refractivity contribution in [2.75, 3.05) is 11.1 Å². The van der Waals surface area contributed by atoms with Crippen molar-refractivity contribution >= 4 is 23.2 Å². The Labute approximate surface area is 124 Å². The summed E-state index contributed by atoms with van der Waals surface area (Å²) in [5.41, 5.74) is 6.85. The molecule has 20 heavy (non-hydrogen) atoms. The Morgan fingerprint density at radius 2 is 1.85 bits per heavy atom. The highest BCUT2D eigenvalue weighted by Gasteiger charge is 2.12. The van der Waals surface area contributed by atoms with Gasteiger partial charge in [-0.25, -0.2) is 9.97 Å². The molecule has 0 aliphatic rings. The molecule has 1 unspecified atom stereocenters. The molecule has 2 rings (SSSR count). The molecule has 0 amide bonds. The van der Waals surface area contributed by atoms with E-state index >= 15 is 0 Å². The minimum Gasteiger partial charge on any atom is -0.384 e. The zero-order valence-corrected chi connectivity index (χ0v) is 12.6. The molecule has 1 aromatic heterocycles. The summed E-state index contributed by atoms with van der Waals surface area (Å²) < 4.78 is 0. The molecular weight excluding hydrogens is 272 g/mol. The van der Waals surface area contributed by atoms with Crippen LogP contribution in [0.4, 0.5) is 11.6 Å². The highest BCUT2D eigenvalue weighted by Crippen LogP contribution is 2.26. The molecule has 0 bridgehead atoms. The second-order valence-corrected chi connectivity index (χ2v) is 5.49. The Hall–Kier alpha value is -1.81. The van der Waals surface area contributed by atoms with Crippen LogP contribution < -0.4 is 11.1 Å². The lowest BCUT2D eigenvalue weighted by molar-refractivity contribution is 0.771. The first-order chi connectivity index (χ1) is 9.47. The molecule has 5 heteroatoms. The van der Waals surface area contributed by atoms with Crippen LogP contribution in [0.5, 0.6) is 0 Å². The maximum Gasteiger partial charge on any atom is 0.135 e. The quantitative estimate of drug-likeness (QED) is 0.893. The normalized spacial score (nSPS) is 12.4. The van der Waals surface area contributed by atoms with Gasteiger partial charge < -0.3 is 11.1 Å². The lowest BCUT2D eigenvalue weighted by Crippen LogP contribution is -2.11. The molecule has 0 aliphatic carbocycles. The highest BCUT2D eigenvalue weighted by molar-refractivity contribution is 6.31. The summed E-state index contributed by atoms with van der Waals surface area (Å²) in [7, 11) is 0. The lowest BCUT2D eigenvalue weighted by Gasteiger charge is -2.17. The van der Waals surface area contributed by atoms with Crippen LogP contribution in [0, 0.1) is 0 Å². The van der Waals surface area contributed by atoms with Crippen molar-refractivity contribution in [3.05, 3.63) is 46.7 Å². The number of rotatable bonds is 4. The fourth-order valence-electron chi connectivity index (χ4n) is 1.94. The van der Waals surface area contributed by atoms with E-state index in [0.29, 0.717) is 11.6 Å². The summed E-state index contributed by atoms with van der Waals surface area (Å²) >= 11 is 6.20. The summed E-state index contributed by atoms with van der Waals surface area (Å²) in [6.07, 6.45) is 0. The van der Waals surface area contributed by atoms with Crippen molar-refractivity contribution in [2.24, 2.45) is 0 Å². The number of hydrogen-bond acceptors (Lipinski definition) is 4. The van der Waals surface area contributed by atoms with Gasteiger partial charge in [-0.3, -0.25) is 0 Å². The molecule has 0 saturated carbocycles. The Kier molecular flexibility index (Phi) is 4.45. The molecule has 3 N–H and O–H groups in total. The monoisotopic (exact) mass is 290 g/mol. The zero-order valence-electron chi connectivity index (χ0n) is 11.9. The Balaban J connectivity index is 2.24. The molecule has 0 fully saturated rings. The largest absolute Gasteiger partial charge is 0.384 e. The molecule has 1 aromatic carbocycles. The molecule has 2 aromatic rings. The minimum atomic E-state index is 0.0398. The number of nitrogens with one attached hydrogen (secondary N) is 1. The van der Waals surface area contributed by atoms with Crippen molar-refractivity contribution in [3.8, 4) is 0 Å². The van der Waals surface area contributed by atoms with Crippen LogP contribution in [-0.2, 0) is 0 Å². The molecule has 0 aliphatic heterocycles. The second kappa shape index (κ2) is 6.09. The van der Waals surface area contributed by atoms with Crippen molar-refractivity contribution in [2.45, 2.75) is 32.7 Å². The van der Waals surface area contributed by atoms with Crippen LogP contribution in [0.2, 0.25) is 5.02 Å². The lowest BCUT2D eigenvalue weighted by atomic mass is 10.1. The number of hydrogen-bond donors (Lipinski definition) is 2. The van der Waals surface area contributed by atoms with Crippen LogP contribution in [0.1, 0.15) is 44.1 Å². The van der Waals surface area contributed by atoms with Crippen molar-refractivity contribution in [3.63, 3.8) is 0 Å². The van der Waals surface area contributed by atoms with E-state index in [9.17, 15) is 0 Å². The van der Waals surface area contributed by atoms with Crippen molar-refractivity contribution in [1.29, 1.82) is 0 Å². The van der Waals surface area contributed by atoms with Crippen molar-refractivity contribution < 1.29 is 0 Å². The number of anilines is 2. The van der Waals surface area contributed by atoms with E-state index in [1.165, 1.54) is 0 Å². The van der Waals surface area contributed by atoms with Gasteiger partial charge in [0.15, 0.2) is 0 Å². The third-order valence-corrected chi connectivity index (χ3v) is 3.36. The van der Waals surface area contributed by atoms with E-state index in [4.69, 9.17) is 17.3 Å². The molecule has 0 saturated heterocycles. The van der Waals surface area contributed by atoms with Gasteiger partial charge in [-0.2, -0.15) is 0 Å². The topological polar surface area (TPSA) is 63.8 Å². The smallest absolute Gasteiger partial charge is 0.135 e. The minimum absolute atomic E-state index is 0.0398. The molecule has 0 spiro atoms. The first kappa shape index (κ1) is 14.6. The summed E-state index contributed by atoms with van der Waals surface area (Å²) in [5.74, 6) is 2.15. The van der Waals surface area contributed by atoms with Gasteiger partial charge in [-0.05, 0) is 18.6 Å². The van der Waals surface area contributed by atoms with Gasteiger partial charge in [0, 0.05) is 17.0 Å². The molecule has 1 heterocycles. The highest BCUT2D eigenvalue weighted by atomic mass is 35.5. The van der Waals surface area contributed by atoms with Gasteiger partial charge in [-0.15, -0.1) is 0 Å². The fraction of sp³-hybridized carbons (Fsp3) is 0.333. The Morgan fingerprint density at radius 1 is 1.15 bits per heavy atom. The van der Waals surface area contributed by atoms with E-state index in [1.54, 1.807) is 6.07 Å². The number of nitrogens with two attached hydrogens (primary N) is 1. The number of nitrogen functional groups attached to an aromatic ring is 1. The van der Waals surface area contributed by atoms with E-state index in [2.05, 4.69) is 15.3 Å². The van der Waals surface area contributed by atoms with Crippen molar-refractivity contribution in [1.82, 2.24) is 9.97 Å². The predicted molar refractivity (Wildman–Crippen MR) is 84.0 cm³/mol. The zero-order chi connectivity index (χ0) is 14.7. The summed E-state index contributed by atoms with van der Waals surface area (Å²) in [6, 6.07) is 9.53. The number of benzene rings is 1. The summed E-state index contributed by atoms with van der Waals surface area (Å²) in [6.45, 7) is 6.11. The van der Waals surface area contributed by atoms with Crippen LogP contribution in [0.25, 0.3) is 0 Å². The standard InChI is InChI=1S/C15H19ClN4/c1-9(2)15-19-13(17)8-14(20-15)18-10(3)11-6-4-5-7-12(11)16/h4-10H,1-3H3,(H3,17,18,19,20). The van der Waals surface area contributed by atoms with E-state index < -0.39 is 0 Å². The maximum absolute atomic E-state index is 6.20.